The van der Waals surface area contributed by atoms with Gasteiger partial charge in [0.25, 0.3) is 0 Å². The molecule has 4 N–H and O–H groups in total. The van der Waals surface area contributed by atoms with Crippen LogP contribution in [0, 0.1) is 6.92 Å². The number of carbonyl (C=O) groups is 1. The number of aldehydes is 1. The molecule has 6 nitrogen and oxygen atoms in total. The van der Waals surface area contributed by atoms with Crippen LogP contribution in [0.15, 0.2) is 109 Å². The predicted molar refractivity (Wildman–Crippen MR) is 191 cm³/mol. The molecule has 8 bridgehead atoms. The second-order valence-corrected chi connectivity index (χ2v) is 12.8. The van der Waals surface area contributed by atoms with Gasteiger partial charge in [0.05, 0.1) is 0 Å². The zero-order valence-electron chi connectivity index (χ0n) is 27.1. The van der Waals surface area contributed by atoms with E-state index in [2.05, 4.69) is 4.57 Å². The van der Waals surface area contributed by atoms with Crippen LogP contribution in [0.1, 0.15) is 71.6 Å². The Kier molecular flexibility index (Phi) is 8.45. The molecule has 0 spiro atoms. The van der Waals surface area contributed by atoms with Gasteiger partial charge >= 0.3 is 0 Å². The van der Waals surface area contributed by atoms with Crippen LogP contribution in [0.5, 0.6) is 23.0 Å². The van der Waals surface area contributed by atoms with Gasteiger partial charge in [0.1, 0.15) is 29.3 Å². The topological polar surface area (TPSA) is 102 Å². The summed E-state index contributed by atoms with van der Waals surface area (Å²) in [5.41, 5.74) is 8.97. The summed E-state index contributed by atoms with van der Waals surface area (Å²) >= 11 is 0. The first-order valence-electron chi connectivity index (χ1n) is 16.3. The van der Waals surface area contributed by atoms with Gasteiger partial charge in [-0.05, 0) is 86.8 Å². The van der Waals surface area contributed by atoms with Crippen molar-refractivity contribution in [2.75, 3.05) is 0 Å². The minimum atomic E-state index is 0.0255. The molecule has 242 valence electrons. The Morgan fingerprint density at radius 2 is 0.918 bits per heavy atom. The lowest BCUT2D eigenvalue weighted by molar-refractivity contribution is -0.595. The highest BCUT2D eigenvalue weighted by Crippen LogP contribution is 2.38. The molecule has 6 heteroatoms. The highest BCUT2D eigenvalue weighted by atomic mass is 16.3. The van der Waals surface area contributed by atoms with Gasteiger partial charge in [0.2, 0.25) is 5.69 Å². The van der Waals surface area contributed by atoms with Crippen molar-refractivity contribution >= 4 is 18.4 Å². The number of hydrogen-bond acceptors (Lipinski definition) is 5. The summed E-state index contributed by atoms with van der Waals surface area (Å²) in [6, 6.07) is 30.5. The Morgan fingerprint density at radius 1 is 0.490 bits per heavy atom. The van der Waals surface area contributed by atoms with Gasteiger partial charge in [-0.25, -0.2) is 0 Å². The van der Waals surface area contributed by atoms with E-state index in [1.807, 2.05) is 110 Å². The Bertz CT molecular complexity index is 2240. The third-order valence-electron chi connectivity index (χ3n) is 9.23. The molecule has 49 heavy (non-hydrogen) atoms. The molecule has 6 aromatic rings. The van der Waals surface area contributed by atoms with Crippen molar-refractivity contribution < 1.29 is 29.8 Å². The van der Waals surface area contributed by atoms with Crippen LogP contribution in [0.3, 0.4) is 0 Å². The maximum atomic E-state index is 11.9. The van der Waals surface area contributed by atoms with Gasteiger partial charge in [0, 0.05) is 55.5 Å². The fourth-order valence-electron chi connectivity index (χ4n) is 6.75. The number of aromatic hydroxyl groups is 4. The molecule has 0 unspecified atom stereocenters. The van der Waals surface area contributed by atoms with Gasteiger partial charge < -0.3 is 20.4 Å². The van der Waals surface area contributed by atoms with Crippen molar-refractivity contribution in [1.29, 1.82) is 0 Å². The van der Waals surface area contributed by atoms with E-state index in [1.165, 1.54) is 0 Å². The lowest BCUT2D eigenvalue weighted by atomic mass is 9.89. The zero-order chi connectivity index (χ0) is 34.1. The van der Waals surface area contributed by atoms with Crippen LogP contribution in [-0.4, -0.2) is 26.7 Å². The number of para-hydroxylation sites is 2. The minimum Gasteiger partial charge on any atom is -0.507 e. The summed E-state index contributed by atoms with van der Waals surface area (Å²) in [4.78, 5) is 11.9. The number of phenolic OH excluding ortho intramolecular Hbond substituents is 4. The quantitative estimate of drug-likeness (QED) is 0.116. The largest absolute Gasteiger partial charge is 0.507 e. The molecular formula is C43H36NO5+. The summed E-state index contributed by atoms with van der Waals surface area (Å²) in [7, 11) is 0. The Balaban J connectivity index is 1.34. The number of rotatable bonds is 4. The molecular weight excluding hydrogens is 610 g/mol. The van der Waals surface area contributed by atoms with Gasteiger partial charge in [0.15, 0.2) is 12.4 Å². The van der Waals surface area contributed by atoms with E-state index < -0.39 is 0 Å². The van der Waals surface area contributed by atoms with E-state index in [-0.39, 0.29) is 48.7 Å². The summed E-state index contributed by atoms with van der Waals surface area (Å²) in [6.07, 6.45) is 9.67. The van der Waals surface area contributed by atoms with Crippen molar-refractivity contribution in [2.24, 2.45) is 0 Å². The molecule has 0 aliphatic heterocycles. The van der Waals surface area contributed by atoms with Gasteiger partial charge in [-0.2, -0.15) is 4.57 Å². The average Bonchev–Trinajstić information content (AvgIpc) is 3.11. The molecule has 0 atom stereocenters. The monoisotopic (exact) mass is 646 g/mol. The SMILES string of the molecule is Cc1cc2c(O)c(c1)Cc1cc(/C=C/c3cc[n+](-c4ccccc4)cc3)cc(c1O)Cc1cccc(c1O)Cc1cc(C=O)cc(c1O)C2. The van der Waals surface area contributed by atoms with Crippen LogP contribution >= 0.6 is 0 Å². The van der Waals surface area contributed by atoms with E-state index in [1.54, 1.807) is 18.2 Å². The van der Waals surface area contributed by atoms with Crippen molar-refractivity contribution in [3.05, 3.63) is 176 Å². The molecule has 1 aliphatic rings. The lowest BCUT2D eigenvalue weighted by Crippen LogP contribution is -2.28. The third kappa shape index (κ3) is 6.54. The van der Waals surface area contributed by atoms with E-state index in [0.29, 0.717) is 50.1 Å². The second-order valence-electron chi connectivity index (χ2n) is 12.8. The molecule has 5 aromatic carbocycles. The number of benzene rings is 5. The van der Waals surface area contributed by atoms with Crippen molar-refractivity contribution in [1.82, 2.24) is 0 Å². The molecule has 0 saturated carbocycles. The number of aromatic nitrogens is 1. The van der Waals surface area contributed by atoms with Crippen LogP contribution in [0.4, 0.5) is 0 Å². The maximum Gasteiger partial charge on any atom is 0.210 e. The number of nitrogens with zero attached hydrogens (tertiary/aromatic N) is 1. The molecule has 0 saturated heterocycles. The smallest absolute Gasteiger partial charge is 0.210 e. The fraction of sp³-hybridized carbons (Fsp3) is 0.116. The van der Waals surface area contributed by atoms with Crippen molar-refractivity contribution in [3.63, 3.8) is 0 Å². The van der Waals surface area contributed by atoms with Crippen LogP contribution < -0.4 is 4.57 Å². The van der Waals surface area contributed by atoms with Crippen molar-refractivity contribution in [2.45, 2.75) is 32.6 Å². The predicted octanol–water partition coefficient (Wildman–Crippen LogP) is 7.75. The van der Waals surface area contributed by atoms with Gasteiger partial charge in [-0.15, -0.1) is 0 Å². The summed E-state index contributed by atoms with van der Waals surface area (Å²) in [6.45, 7) is 1.94. The lowest BCUT2D eigenvalue weighted by Gasteiger charge is -2.18. The summed E-state index contributed by atoms with van der Waals surface area (Å²) in [5.74, 6) is 0.288. The Labute approximate surface area is 285 Å². The first kappa shape index (κ1) is 31.5. The third-order valence-corrected chi connectivity index (χ3v) is 9.23. The van der Waals surface area contributed by atoms with Gasteiger partial charge in [-0.3, -0.25) is 4.79 Å². The first-order valence-corrected chi connectivity index (χ1v) is 16.3. The number of phenols is 4. The van der Waals surface area contributed by atoms with E-state index >= 15 is 0 Å². The molecule has 0 radical (unpaired) electrons. The number of fused-ring (bicyclic) bond motifs is 8. The molecule has 0 fully saturated rings. The Hall–Kier alpha value is -6.14. The number of hydrogen-bond donors (Lipinski definition) is 4. The standard InChI is InChI=1S/C43H35NO5/c1-27-16-33-24-36-19-29(11-10-28-12-14-44(15-13-28)39-8-3-2-4-9-39)18-35(42(36)48)22-31-6-5-7-32(40(31)46)23-37-20-30(26-45)21-38(43(37)49)25-34(17-27)41(33)47/h2-21,26H,22-25H2,1H3,(H3,45,46,47,49)/p+1. The maximum absolute atomic E-state index is 11.9. The normalized spacial score (nSPS) is 12.6. The average molecular weight is 647 g/mol. The number of pyridine rings is 1. The van der Waals surface area contributed by atoms with E-state index in [4.69, 9.17) is 0 Å². The number of carbonyl (C=O) groups excluding carboxylic acids is 1. The van der Waals surface area contributed by atoms with Crippen LogP contribution in [0.25, 0.3) is 17.8 Å². The van der Waals surface area contributed by atoms with E-state index in [9.17, 15) is 25.2 Å². The number of aryl methyl sites for hydroxylation is 1. The molecule has 0 amide bonds. The van der Waals surface area contributed by atoms with Gasteiger partial charge in [-0.1, -0.05) is 66.2 Å². The molecule has 7 rings (SSSR count). The fourth-order valence-corrected chi connectivity index (χ4v) is 6.75. The second kappa shape index (κ2) is 13.2. The minimum absolute atomic E-state index is 0.0255. The van der Waals surface area contributed by atoms with E-state index in [0.717, 1.165) is 28.7 Å². The summed E-state index contributed by atoms with van der Waals surface area (Å²) in [5, 5.41) is 46.0. The Morgan fingerprint density at radius 3 is 1.43 bits per heavy atom. The van der Waals surface area contributed by atoms with Crippen molar-refractivity contribution in [3.8, 4) is 28.7 Å². The first-order chi connectivity index (χ1) is 23.7. The molecule has 1 heterocycles. The highest BCUT2D eigenvalue weighted by molar-refractivity contribution is 5.77. The van der Waals surface area contributed by atoms with Crippen LogP contribution in [-0.2, 0) is 25.7 Å². The van der Waals surface area contributed by atoms with Crippen LogP contribution in [0.2, 0.25) is 0 Å². The molecule has 1 aromatic heterocycles. The molecule has 1 aliphatic carbocycles. The zero-order valence-corrected chi connectivity index (χ0v) is 27.1. The highest BCUT2D eigenvalue weighted by Gasteiger charge is 2.20. The summed E-state index contributed by atoms with van der Waals surface area (Å²) < 4.78 is 2.05.